The van der Waals surface area contributed by atoms with E-state index in [1.807, 2.05) is 6.07 Å². The zero-order valence-electron chi connectivity index (χ0n) is 13.6. The molecule has 0 bridgehead atoms. The Balaban J connectivity index is 0.00000169. The van der Waals surface area contributed by atoms with Crippen LogP contribution in [0, 0.1) is 17.2 Å². The molecule has 1 aromatic carbocycles. The van der Waals surface area contributed by atoms with Gasteiger partial charge in [0.05, 0.1) is 18.1 Å². The highest BCUT2D eigenvalue weighted by atomic mass is 35.5. The van der Waals surface area contributed by atoms with Crippen LogP contribution < -0.4 is 15.4 Å². The van der Waals surface area contributed by atoms with Gasteiger partial charge >= 0.3 is 0 Å². The molecule has 3 aliphatic rings. The second-order valence-electron chi connectivity index (χ2n) is 7.05. The molecule has 1 aliphatic carbocycles. The molecule has 2 aliphatic heterocycles. The van der Waals surface area contributed by atoms with Gasteiger partial charge in [-0.2, -0.15) is 0 Å². The summed E-state index contributed by atoms with van der Waals surface area (Å²) in [5.41, 5.74) is 0.489. The lowest BCUT2D eigenvalue weighted by Crippen LogP contribution is -2.49. The molecule has 132 valence electrons. The number of amides is 1. The highest BCUT2D eigenvalue weighted by Crippen LogP contribution is 2.45. The van der Waals surface area contributed by atoms with Crippen LogP contribution in [0.1, 0.15) is 43.7 Å². The molecule has 1 amide bonds. The van der Waals surface area contributed by atoms with Gasteiger partial charge < -0.3 is 15.4 Å². The molecule has 1 saturated carbocycles. The standard InChI is InChI=1S/C18H23FN2O2.ClH/c19-14-6-3-5-13-15(7-9-23-16(13)14)21-17(22)18-8-2-1-4-12(18)10-20-11-18;/h3,5-6,12,15,20H,1-2,4,7-11H2,(H,21,22);1H/t12-,15+,18+;/m0./s1. The first-order chi connectivity index (χ1) is 11.2. The van der Waals surface area contributed by atoms with Crippen molar-refractivity contribution in [3.63, 3.8) is 0 Å². The van der Waals surface area contributed by atoms with E-state index in [0.717, 1.165) is 37.9 Å². The molecular weight excluding hydrogens is 331 g/mol. The van der Waals surface area contributed by atoms with Crippen molar-refractivity contribution in [2.24, 2.45) is 11.3 Å². The van der Waals surface area contributed by atoms with E-state index in [1.165, 1.54) is 12.5 Å². The van der Waals surface area contributed by atoms with E-state index >= 15 is 0 Å². The van der Waals surface area contributed by atoms with Crippen LogP contribution in [0.2, 0.25) is 0 Å². The molecule has 3 atom stereocenters. The van der Waals surface area contributed by atoms with Crippen molar-refractivity contribution >= 4 is 18.3 Å². The average molecular weight is 355 g/mol. The summed E-state index contributed by atoms with van der Waals surface area (Å²) in [7, 11) is 0. The molecule has 0 aromatic heterocycles. The van der Waals surface area contributed by atoms with Crippen LogP contribution >= 0.6 is 12.4 Å². The lowest BCUT2D eigenvalue weighted by Gasteiger charge is -2.39. The maximum atomic E-state index is 13.9. The van der Waals surface area contributed by atoms with E-state index in [1.54, 1.807) is 6.07 Å². The Bertz CT molecular complexity index is 627. The number of rotatable bonds is 2. The minimum absolute atomic E-state index is 0. The molecule has 4 rings (SSSR count). The molecule has 0 unspecified atom stereocenters. The van der Waals surface area contributed by atoms with E-state index in [9.17, 15) is 9.18 Å². The zero-order valence-corrected chi connectivity index (χ0v) is 14.5. The fourth-order valence-electron chi connectivity index (χ4n) is 4.53. The second-order valence-corrected chi connectivity index (χ2v) is 7.05. The average Bonchev–Trinajstić information content (AvgIpc) is 3.01. The fourth-order valence-corrected chi connectivity index (χ4v) is 4.53. The van der Waals surface area contributed by atoms with Crippen molar-refractivity contribution in [2.75, 3.05) is 19.7 Å². The second kappa shape index (κ2) is 6.89. The monoisotopic (exact) mass is 354 g/mol. The fraction of sp³-hybridized carbons (Fsp3) is 0.611. The number of nitrogens with one attached hydrogen (secondary N) is 2. The van der Waals surface area contributed by atoms with Crippen molar-refractivity contribution < 1.29 is 13.9 Å². The van der Waals surface area contributed by atoms with Crippen LogP contribution in [-0.2, 0) is 4.79 Å². The van der Waals surface area contributed by atoms with Crippen molar-refractivity contribution in [1.82, 2.24) is 10.6 Å². The molecule has 24 heavy (non-hydrogen) atoms. The van der Waals surface area contributed by atoms with Gasteiger partial charge in [-0.3, -0.25) is 4.79 Å². The highest BCUT2D eigenvalue weighted by Gasteiger charge is 2.50. The lowest BCUT2D eigenvalue weighted by molar-refractivity contribution is -0.135. The number of hydrogen-bond donors (Lipinski definition) is 2. The predicted octanol–water partition coefficient (Wildman–Crippen LogP) is 2.97. The molecular formula is C18H24ClFN2O2. The van der Waals surface area contributed by atoms with E-state index in [2.05, 4.69) is 10.6 Å². The normalized spacial score (nSPS) is 31.2. The molecule has 4 nitrogen and oxygen atoms in total. The minimum atomic E-state index is -0.349. The third-order valence-electron chi connectivity index (χ3n) is 5.82. The molecule has 2 heterocycles. The molecule has 1 saturated heterocycles. The number of carbonyl (C=O) groups excluding carboxylic acids is 1. The van der Waals surface area contributed by atoms with Crippen LogP contribution in [0.25, 0.3) is 0 Å². The SMILES string of the molecule is Cl.O=C(N[C@@H]1CCOc2c(F)cccc21)[C@@]12CCCC[C@H]1CNC2. The van der Waals surface area contributed by atoms with E-state index in [-0.39, 0.29) is 35.6 Å². The number of ether oxygens (including phenoxy) is 1. The summed E-state index contributed by atoms with van der Waals surface area (Å²) in [6.45, 7) is 2.14. The van der Waals surface area contributed by atoms with Crippen LogP contribution in [-0.4, -0.2) is 25.6 Å². The molecule has 6 heteroatoms. The Morgan fingerprint density at radius 3 is 3.08 bits per heavy atom. The Morgan fingerprint density at radius 1 is 1.33 bits per heavy atom. The first kappa shape index (κ1) is 17.5. The minimum Gasteiger partial charge on any atom is -0.490 e. The van der Waals surface area contributed by atoms with Gasteiger partial charge in [0, 0.05) is 18.5 Å². The smallest absolute Gasteiger partial charge is 0.228 e. The van der Waals surface area contributed by atoms with Crippen LogP contribution in [0.4, 0.5) is 4.39 Å². The number of carbonyl (C=O) groups is 1. The predicted molar refractivity (Wildman–Crippen MR) is 91.9 cm³/mol. The summed E-state index contributed by atoms with van der Waals surface area (Å²) in [4.78, 5) is 13.1. The van der Waals surface area contributed by atoms with E-state index in [4.69, 9.17) is 4.74 Å². The summed E-state index contributed by atoms with van der Waals surface area (Å²) in [5.74, 6) is 0.515. The Morgan fingerprint density at radius 2 is 2.21 bits per heavy atom. The molecule has 1 aromatic rings. The Hall–Kier alpha value is -1.33. The topological polar surface area (TPSA) is 50.4 Å². The van der Waals surface area contributed by atoms with E-state index < -0.39 is 0 Å². The molecule has 2 N–H and O–H groups in total. The number of hydrogen-bond acceptors (Lipinski definition) is 3. The van der Waals surface area contributed by atoms with Gasteiger partial charge in [-0.05, 0) is 31.4 Å². The van der Waals surface area contributed by atoms with Gasteiger partial charge in [0.2, 0.25) is 5.91 Å². The van der Waals surface area contributed by atoms with Gasteiger partial charge in [-0.1, -0.05) is 25.0 Å². The maximum absolute atomic E-state index is 13.9. The van der Waals surface area contributed by atoms with Crippen molar-refractivity contribution in [2.45, 2.75) is 38.1 Å². The number of halogens is 2. The van der Waals surface area contributed by atoms with Gasteiger partial charge in [-0.25, -0.2) is 4.39 Å². The molecule has 2 fully saturated rings. The number of fused-ring (bicyclic) bond motifs is 2. The van der Waals surface area contributed by atoms with Gasteiger partial charge in [0.1, 0.15) is 0 Å². The first-order valence-corrected chi connectivity index (χ1v) is 8.63. The number of benzene rings is 1. The van der Waals surface area contributed by atoms with Gasteiger partial charge in [0.15, 0.2) is 11.6 Å². The highest BCUT2D eigenvalue weighted by molar-refractivity contribution is 5.85. The maximum Gasteiger partial charge on any atom is 0.228 e. The third-order valence-corrected chi connectivity index (χ3v) is 5.82. The first-order valence-electron chi connectivity index (χ1n) is 8.63. The molecule has 0 radical (unpaired) electrons. The summed E-state index contributed by atoms with van der Waals surface area (Å²) in [5, 5.41) is 6.61. The van der Waals surface area contributed by atoms with Crippen molar-refractivity contribution in [1.29, 1.82) is 0 Å². The van der Waals surface area contributed by atoms with Crippen LogP contribution in [0.3, 0.4) is 0 Å². The number of para-hydroxylation sites is 1. The van der Waals surface area contributed by atoms with E-state index in [0.29, 0.717) is 24.7 Å². The Kier molecular flexibility index (Phi) is 5.02. The van der Waals surface area contributed by atoms with Gasteiger partial charge in [0.25, 0.3) is 0 Å². The van der Waals surface area contributed by atoms with Crippen LogP contribution in [0.5, 0.6) is 5.75 Å². The lowest BCUT2D eigenvalue weighted by atomic mass is 9.67. The largest absolute Gasteiger partial charge is 0.490 e. The summed E-state index contributed by atoms with van der Waals surface area (Å²) < 4.78 is 19.4. The summed E-state index contributed by atoms with van der Waals surface area (Å²) >= 11 is 0. The third kappa shape index (κ3) is 2.78. The van der Waals surface area contributed by atoms with Gasteiger partial charge in [-0.15, -0.1) is 12.4 Å². The zero-order chi connectivity index (χ0) is 15.9. The summed E-state index contributed by atoms with van der Waals surface area (Å²) in [6.07, 6.45) is 5.10. The van der Waals surface area contributed by atoms with Crippen LogP contribution in [0.15, 0.2) is 18.2 Å². The summed E-state index contributed by atoms with van der Waals surface area (Å²) in [6, 6.07) is 4.78. The Labute approximate surface area is 147 Å². The quantitative estimate of drug-likeness (QED) is 0.858. The molecule has 0 spiro atoms. The van der Waals surface area contributed by atoms with Crippen molar-refractivity contribution in [3.05, 3.63) is 29.6 Å². The van der Waals surface area contributed by atoms with Crippen molar-refractivity contribution in [3.8, 4) is 5.75 Å².